The lowest BCUT2D eigenvalue weighted by molar-refractivity contribution is 0.0796. The van der Waals surface area contributed by atoms with E-state index in [1.165, 1.54) is 31.2 Å². The van der Waals surface area contributed by atoms with Crippen LogP contribution in [0.15, 0.2) is 53.5 Å². The number of benzene rings is 2. The third-order valence-electron chi connectivity index (χ3n) is 5.72. The zero-order chi connectivity index (χ0) is 18.6. The average molecular weight is 382 g/mol. The number of likely N-dealkylation sites (tertiary alicyclic amines) is 2. The second-order valence-electron chi connectivity index (χ2n) is 7.63. The van der Waals surface area contributed by atoms with Gasteiger partial charge < -0.3 is 0 Å². The van der Waals surface area contributed by atoms with Crippen LogP contribution in [-0.4, -0.2) is 41.7 Å². The first-order valence-electron chi connectivity index (χ1n) is 10.1. The van der Waals surface area contributed by atoms with E-state index in [9.17, 15) is 0 Å². The Bertz CT molecular complexity index is 775. The van der Waals surface area contributed by atoms with E-state index in [2.05, 4.69) is 53.1 Å². The summed E-state index contributed by atoms with van der Waals surface area (Å²) in [5, 5.41) is 0.796. The van der Waals surface area contributed by atoms with Crippen molar-refractivity contribution in [3.05, 3.63) is 64.7 Å². The van der Waals surface area contributed by atoms with Crippen LogP contribution in [-0.2, 0) is 0 Å². The molecule has 0 aliphatic carbocycles. The lowest BCUT2D eigenvalue weighted by atomic mass is 10.1. The maximum Gasteiger partial charge on any atom is 0.0907 e. The van der Waals surface area contributed by atoms with Crippen molar-refractivity contribution in [1.29, 1.82) is 0 Å². The molecule has 4 heteroatoms. The van der Waals surface area contributed by atoms with E-state index < -0.39 is 0 Å². The molecule has 2 aromatic rings. The normalized spacial score (nSPS) is 19.3. The SMILES string of the molecule is CC(=Nc1ccc(Cl)cc1C(N1CCCC1)N1CCCC1)c1ccccc1. The van der Waals surface area contributed by atoms with Gasteiger partial charge in [0, 0.05) is 16.3 Å². The lowest BCUT2D eigenvalue weighted by Crippen LogP contribution is -2.38. The van der Waals surface area contributed by atoms with Crippen molar-refractivity contribution in [2.45, 2.75) is 38.8 Å². The average Bonchev–Trinajstić information content (AvgIpc) is 3.39. The molecule has 4 rings (SSSR count). The first-order chi connectivity index (χ1) is 13.2. The van der Waals surface area contributed by atoms with Crippen LogP contribution in [0, 0.1) is 0 Å². The summed E-state index contributed by atoms with van der Waals surface area (Å²) in [7, 11) is 0. The number of aliphatic imine (C=N–C) groups is 1. The van der Waals surface area contributed by atoms with E-state index in [0.29, 0.717) is 0 Å². The smallest absolute Gasteiger partial charge is 0.0907 e. The minimum atomic E-state index is 0.288. The van der Waals surface area contributed by atoms with Gasteiger partial charge in [-0.3, -0.25) is 14.8 Å². The quantitative estimate of drug-likeness (QED) is 0.621. The Labute approximate surface area is 167 Å². The van der Waals surface area contributed by atoms with Crippen LogP contribution in [0.4, 0.5) is 5.69 Å². The van der Waals surface area contributed by atoms with Gasteiger partial charge in [0.25, 0.3) is 0 Å². The Morgan fingerprint density at radius 1 is 0.889 bits per heavy atom. The van der Waals surface area contributed by atoms with Crippen molar-refractivity contribution in [3.63, 3.8) is 0 Å². The molecule has 27 heavy (non-hydrogen) atoms. The predicted molar refractivity (Wildman–Crippen MR) is 114 cm³/mol. The zero-order valence-electron chi connectivity index (χ0n) is 16.1. The predicted octanol–water partition coefficient (Wildman–Crippen LogP) is 5.67. The molecule has 2 heterocycles. The van der Waals surface area contributed by atoms with E-state index in [0.717, 1.165) is 48.2 Å². The minimum absolute atomic E-state index is 0.288. The molecular formula is C23H28ClN3. The summed E-state index contributed by atoms with van der Waals surface area (Å²) in [6.07, 6.45) is 5.43. The van der Waals surface area contributed by atoms with Crippen LogP contribution in [0.5, 0.6) is 0 Å². The third kappa shape index (κ3) is 4.26. The maximum absolute atomic E-state index is 6.44. The fraction of sp³-hybridized carbons (Fsp3) is 0.435. The van der Waals surface area contributed by atoms with Crippen molar-refractivity contribution in [1.82, 2.24) is 9.80 Å². The van der Waals surface area contributed by atoms with Gasteiger partial charge >= 0.3 is 0 Å². The molecular weight excluding hydrogens is 354 g/mol. The summed E-state index contributed by atoms with van der Waals surface area (Å²) in [6, 6.07) is 16.6. The van der Waals surface area contributed by atoms with Gasteiger partial charge in [0.1, 0.15) is 0 Å². The van der Waals surface area contributed by atoms with Crippen LogP contribution < -0.4 is 0 Å². The summed E-state index contributed by atoms with van der Waals surface area (Å²) in [4.78, 5) is 10.3. The summed E-state index contributed by atoms with van der Waals surface area (Å²) >= 11 is 6.44. The molecule has 0 saturated carbocycles. The molecule has 0 atom stereocenters. The van der Waals surface area contributed by atoms with Crippen LogP contribution in [0.3, 0.4) is 0 Å². The highest BCUT2D eigenvalue weighted by Crippen LogP contribution is 2.38. The monoisotopic (exact) mass is 381 g/mol. The molecule has 0 aromatic heterocycles. The highest BCUT2D eigenvalue weighted by Gasteiger charge is 2.32. The van der Waals surface area contributed by atoms with Gasteiger partial charge in [0.15, 0.2) is 0 Å². The number of halogens is 1. The Morgan fingerprint density at radius 2 is 1.48 bits per heavy atom. The minimum Gasteiger partial charge on any atom is -0.284 e. The van der Waals surface area contributed by atoms with Crippen LogP contribution in [0.2, 0.25) is 5.02 Å². The number of rotatable bonds is 5. The van der Waals surface area contributed by atoms with Crippen LogP contribution in [0.1, 0.15) is 49.9 Å². The highest BCUT2D eigenvalue weighted by molar-refractivity contribution is 6.30. The second kappa shape index (κ2) is 8.55. The lowest BCUT2D eigenvalue weighted by Gasteiger charge is -2.36. The molecule has 0 N–H and O–H groups in total. The van der Waals surface area contributed by atoms with Crippen molar-refractivity contribution >= 4 is 23.0 Å². The first-order valence-corrected chi connectivity index (χ1v) is 10.5. The second-order valence-corrected chi connectivity index (χ2v) is 8.06. The molecule has 2 fully saturated rings. The molecule has 2 aliphatic rings. The van der Waals surface area contributed by atoms with Gasteiger partial charge in [-0.05, 0) is 82.5 Å². The van der Waals surface area contributed by atoms with E-state index in [1.54, 1.807) is 0 Å². The van der Waals surface area contributed by atoms with Gasteiger partial charge in [0.05, 0.1) is 11.9 Å². The molecule has 142 valence electrons. The molecule has 0 bridgehead atoms. The van der Waals surface area contributed by atoms with Crippen LogP contribution in [0.25, 0.3) is 0 Å². The number of hydrogen-bond donors (Lipinski definition) is 0. The van der Waals surface area contributed by atoms with E-state index in [-0.39, 0.29) is 6.17 Å². The van der Waals surface area contributed by atoms with E-state index >= 15 is 0 Å². The fourth-order valence-electron chi connectivity index (χ4n) is 4.36. The van der Waals surface area contributed by atoms with Crippen molar-refractivity contribution < 1.29 is 0 Å². The molecule has 2 aliphatic heterocycles. The largest absolute Gasteiger partial charge is 0.284 e. The van der Waals surface area contributed by atoms with Gasteiger partial charge in [-0.15, -0.1) is 0 Å². The summed E-state index contributed by atoms with van der Waals surface area (Å²) in [5.74, 6) is 0. The highest BCUT2D eigenvalue weighted by atomic mass is 35.5. The number of hydrogen-bond acceptors (Lipinski definition) is 3. The third-order valence-corrected chi connectivity index (χ3v) is 5.96. The summed E-state index contributed by atoms with van der Waals surface area (Å²) in [5.41, 5.74) is 4.50. The van der Waals surface area contributed by atoms with Crippen molar-refractivity contribution in [2.75, 3.05) is 26.2 Å². The standard InChI is InChI=1S/C23H28ClN3/c1-18(19-9-3-2-4-10-19)25-22-12-11-20(24)17-21(22)23(26-13-5-6-14-26)27-15-7-8-16-27/h2-4,9-12,17,23H,5-8,13-16H2,1H3. The summed E-state index contributed by atoms with van der Waals surface area (Å²) in [6.45, 7) is 6.74. The topological polar surface area (TPSA) is 18.8 Å². The fourth-order valence-corrected chi connectivity index (χ4v) is 4.54. The zero-order valence-corrected chi connectivity index (χ0v) is 16.8. The Kier molecular flexibility index (Phi) is 5.92. The van der Waals surface area contributed by atoms with Gasteiger partial charge in [0.2, 0.25) is 0 Å². The Hall–Kier alpha value is -1.68. The molecule has 0 amide bonds. The Morgan fingerprint density at radius 3 is 2.07 bits per heavy atom. The first kappa shape index (κ1) is 18.7. The molecule has 2 aromatic carbocycles. The molecule has 0 spiro atoms. The molecule has 3 nitrogen and oxygen atoms in total. The van der Waals surface area contributed by atoms with Crippen molar-refractivity contribution in [2.24, 2.45) is 4.99 Å². The molecule has 0 unspecified atom stereocenters. The van der Waals surface area contributed by atoms with Gasteiger partial charge in [-0.2, -0.15) is 0 Å². The Balaban J connectivity index is 1.75. The number of nitrogens with zero attached hydrogens (tertiary/aromatic N) is 3. The molecule has 2 saturated heterocycles. The summed E-state index contributed by atoms with van der Waals surface area (Å²) < 4.78 is 0. The van der Waals surface area contributed by atoms with Crippen LogP contribution >= 0.6 is 11.6 Å². The van der Waals surface area contributed by atoms with Gasteiger partial charge in [-0.25, -0.2) is 0 Å². The molecule has 0 radical (unpaired) electrons. The maximum atomic E-state index is 6.44. The van der Waals surface area contributed by atoms with Gasteiger partial charge in [-0.1, -0.05) is 41.9 Å². The van der Waals surface area contributed by atoms with E-state index in [4.69, 9.17) is 16.6 Å². The van der Waals surface area contributed by atoms with E-state index in [1.807, 2.05) is 12.1 Å². The van der Waals surface area contributed by atoms with Crippen molar-refractivity contribution in [3.8, 4) is 0 Å².